The van der Waals surface area contributed by atoms with Crippen LogP contribution in [0.3, 0.4) is 0 Å². The van der Waals surface area contributed by atoms with Crippen LogP contribution >= 0.6 is 0 Å². The summed E-state index contributed by atoms with van der Waals surface area (Å²) in [6.07, 6.45) is 0. The topological polar surface area (TPSA) is 42.6 Å². The molecule has 6 nitrogen and oxygen atoms in total. The van der Waals surface area contributed by atoms with Gasteiger partial charge in [0, 0.05) is 102 Å². The van der Waals surface area contributed by atoms with E-state index in [1.54, 1.807) is 0 Å². The third-order valence-electron chi connectivity index (χ3n) is 14.8. The molecule has 0 N–H and O–H groups in total. The number of rotatable bonds is 6. The highest BCUT2D eigenvalue weighted by molar-refractivity contribution is 6.19. The fourth-order valence-electron chi connectivity index (χ4n) is 11.4. The highest BCUT2D eigenvalue weighted by Crippen LogP contribution is 2.44. The summed E-state index contributed by atoms with van der Waals surface area (Å²) in [6.45, 7) is 0. The first-order valence-electron chi connectivity index (χ1n) is 23.8. The summed E-state index contributed by atoms with van der Waals surface area (Å²) in [5, 5.41) is 13.7. The lowest BCUT2D eigenvalue weighted by atomic mass is 10.0. The van der Waals surface area contributed by atoms with Crippen molar-refractivity contribution in [2.24, 2.45) is 14.1 Å². The summed E-state index contributed by atoms with van der Waals surface area (Å²) < 4.78 is 18.1. The van der Waals surface area contributed by atoms with Gasteiger partial charge in [-0.1, -0.05) is 97.1 Å². The molecule has 0 aliphatic carbocycles. The summed E-state index contributed by atoms with van der Waals surface area (Å²) in [4.78, 5) is 4.68. The van der Waals surface area contributed by atoms with Gasteiger partial charge in [0.05, 0.1) is 11.0 Å². The summed E-state index contributed by atoms with van der Waals surface area (Å²) in [7, 11) is 4.31. The van der Waals surface area contributed by atoms with E-state index in [-0.39, 0.29) is 0 Å². The van der Waals surface area contributed by atoms with Crippen molar-refractivity contribution < 1.29 is 8.83 Å². The molecule has 0 aliphatic rings. The van der Waals surface area contributed by atoms with Crippen molar-refractivity contribution in [1.82, 2.24) is 9.13 Å². The van der Waals surface area contributed by atoms with E-state index in [4.69, 9.17) is 8.83 Å². The Morgan fingerprint density at radius 3 is 1.07 bits per heavy atom. The molecule has 15 aromatic rings. The van der Waals surface area contributed by atoms with E-state index in [0.29, 0.717) is 0 Å². The second-order valence-corrected chi connectivity index (χ2v) is 18.7. The van der Waals surface area contributed by atoms with Crippen LogP contribution in [0.2, 0.25) is 0 Å². The van der Waals surface area contributed by atoms with Crippen molar-refractivity contribution in [1.29, 1.82) is 0 Å². The van der Waals surface area contributed by atoms with Crippen LogP contribution in [0.4, 0.5) is 34.1 Å². The Morgan fingerprint density at radius 2 is 0.614 bits per heavy atom. The van der Waals surface area contributed by atoms with E-state index in [1.165, 1.54) is 43.6 Å². The number of hydrogen-bond donors (Lipinski definition) is 0. The largest absolute Gasteiger partial charge is 0.456 e. The molecule has 0 bridgehead atoms. The molecule has 0 atom stereocenters. The first kappa shape index (κ1) is 38.8. The third-order valence-corrected chi connectivity index (χ3v) is 14.8. The molecule has 0 aliphatic heterocycles. The Morgan fingerprint density at radius 1 is 0.257 bits per heavy atom. The van der Waals surface area contributed by atoms with Crippen LogP contribution in [0.1, 0.15) is 0 Å². The minimum absolute atomic E-state index is 0.840. The van der Waals surface area contributed by atoms with Crippen molar-refractivity contribution in [3.63, 3.8) is 0 Å². The van der Waals surface area contributed by atoms with Crippen LogP contribution in [0.5, 0.6) is 0 Å². The molecule has 0 radical (unpaired) electrons. The number of nitrogens with zero attached hydrogens (tertiary/aromatic N) is 4. The van der Waals surface area contributed by atoms with Gasteiger partial charge in [0.2, 0.25) is 0 Å². The van der Waals surface area contributed by atoms with Gasteiger partial charge in [0.25, 0.3) is 0 Å². The van der Waals surface area contributed by atoms with Crippen LogP contribution < -0.4 is 9.80 Å². The molecule has 0 saturated carbocycles. The Labute approximate surface area is 401 Å². The molecule has 70 heavy (non-hydrogen) atoms. The van der Waals surface area contributed by atoms with E-state index in [0.717, 1.165) is 99.5 Å². The fraction of sp³-hybridized carbons (Fsp3) is 0.0312. The van der Waals surface area contributed by atoms with Gasteiger partial charge in [-0.2, -0.15) is 0 Å². The summed E-state index contributed by atoms with van der Waals surface area (Å²) in [5.74, 6) is 0. The van der Waals surface area contributed by atoms with Crippen LogP contribution in [-0.4, -0.2) is 9.13 Å². The van der Waals surface area contributed by atoms with Crippen LogP contribution in [0.15, 0.2) is 227 Å². The lowest BCUT2D eigenvalue weighted by molar-refractivity contribution is 0.664. The molecular weight excluding hydrogens is 857 g/mol. The molecule has 0 saturated heterocycles. The summed E-state index contributed by atoms with van der Waals surface area (Å²) in [6, 6.07) is 78.8. The molecule has 0 unspecified atom stereocenters. The van der Waals surface area contributed by atoms with E-state index in [2.05, 4.69) is 251 Å². The molecule has 4 heterocycles. The van der Waals surface area contributed by atoms with E-state index >= 15 is 0 Å². The zero-order valence-corrected chi connectivity index (χ0v) is 38.4. The van der Waals surface area contributed by atoms with Gasteiger partial charge < -0.3 is 27.8 Å². The highest BCUT2D eigenvalue weighted by Gasteiger charge is 2.20. The highest BCUT2D eigenvalue weighted by atomic mass is 16.3. The number of aryl methyl sites for hydroxylation is 2. The first-order valence-corrected chi connectivity index (χ1v) is 23.8. The third kappa shape index (κ3) is 5.74. The molecule has 0 fully saturated rings. The summed E-state index contributed by atoms with van der Waals surface area (Å²) in [5.41, 5.74) is 14.8. The van der Waals surface area contributed by atoms with Gasteiger partial charge in [-0.05, 0) is 143 Å². The predicted octanol–water partition coefficient (Wildman–Crippen LogP) is 18.0. The smallest absolute Gasteiger partial charge is 0.136 e. The van der Waals surface area contributed by atoms with Crippen molar-refractivity contribution in [2.75, 3.05) is 9.80 Å². The van der Waals surface area contributed by atoms with Crippen molar-refractivity contribution >= 4 is 143 Å². The zero-order chi connectivity index (χ0) is 46.2. The van der Waals surface area contributed by atoms with Gasteiger partial charge in [0.15, 0.2) is 0 Å². The first-order chi connectivity index (χ1) is 34.5. The maximum Gasteiger partial charge on any atom is 0.136 e. The minimum Gasteiger partial charge on any atom is -0.456 e. The van der Waals surface area contributed by atoms with Gasteiger partial charge in [-0.3, -0.25) is 0 Å². The Bertz CT molecular complexity index is 4340. The normalized spacial score (nSPS) is 12.1. The van der Waals surface area contributed by atoms with Crippen LogP contribution in [0, 0.1) is 0 Å². The standard InChI is InChI=1S/C64H42N4O2/c1-65-57-19-11-9-17-49(57)51-27-25-47(35-59(51)65)67(43-13-5-3-6-14-43)45-23-21-39-31-53-55-37-64-56(38-63(55)69-61(53)33-41(39)29-45)54-32-40-22-24-46(30-42(40)34-62(54)70-64)68(44-15-7-4-8-16-44)48-26-28-52-50-18-10-12-20-58(50)66(2)60(52)36-48/h3-38H,1-2H3. The molecule has 0 spiro atoms. The average molecular weight is 899 g/mol. The molecule has 15 rings (SSSR count). The van der Waals surface area contributed by atoms with Crippen molar-refractivity contribution in [3.8, 4) is 0 Å². The zero-order valence-electron chi connectivity index (χ0n) is 38.4. The SMILES string of the molecule is Cn1c2ccccc2c2ccc(N(c3ccccc3)c3ccc4cc5c(cc4c3)oc3cc4c(cc35)oc3cc5cc(N(c6ccccc6)c6ccc7c8ccccc8n(C)c7c6)ccc5cc34)cc21. The van der Waals surface area contributed by atoms with Gasteiger partial charge in [-0.25, -0.2) is 0 Å². The monoisotopic (exact) mass is 898 g/mol. The maximum absolute atomic E-state index is 6.75. The Hall–Kier alpha value is -9.26. The lowest BCUT2D eigenvalue weighted by Crippen LogP contribution is -2.09. The number of anilines is 6. The maximum atomic E-state index is 6.75. The molecular formula is C64H42N4O2. The van der Waals surface area contributed by atoms with Crippen molar-refractivity contribution in [2.45, 2.75) is 0 Å². The van der Waals surface area contributed by atoms with Gasteiger partial charge >= 0.3 is 0 Å². The second-order valence-electron chi connectivity index (χ2n) is 18.7. The number of para-hydroxylation sites is 4. The molecule has 11 aromatic carbocycles. The second kappa shape index (κ2) is 14.6. The van der Waals surface area contributed by atoms with E-state index in [1.807, 2.05) is 0 Å². The van der Waals surface area contributed by atoms with Crippen LogP contribution in [-0.2, 0) is 14.1 Å². The van der Waals surface area contributed by atoms with E-state index < -0.39 is 0 Å². The number of benzene rings is 11. The number of furan rings is 2. The van der Waals surface area contributed by atoms with Gasteiger partial charge in [-0.15, -0.1) is 0 Å². The quantitative estimate of drug-likeness (QED) is 0.167. The van der Waals surface area contributed by atoms with Crippen LogP contribution in [0.25, 0.3) is 109 Å². The number of fused-ring (bicyclic) bond motifs is 14. The summed E-state index contributed by atoms with van der Waals surface area (Å²) >= 11 is 0. The Balaban J connectivity index is 0.817. The molecule has 4 aromatic heterocycles. The number of hydrogen-bond acceptors (Lipinski definition) is 4. The fourth-order valence-corrected chi connectivity index (χ4v) is 11.4. The van der Waals surface area contributed by atoms with E-state index in [9.17, 15) is 0 Å². The molecule has 6 heteroatoms. The minimum atomic E-state index is 0.840. The lowest BCUT2D eigenvalue weighted by Gasteiger charge is -2.26. The van der Waals surface area contributed by atoms with Gasteiger partial charge in [0.1, 0.15) is 22.3 Å². The number of aromatic nitrogens is 2. The molecule has 0 amide bonds. The average Bonchev–Trinajstić information content (AvgIpc) is 4.11. The van der Waals surface area contributed by atoms with Crippen molar-refractivity contribution in [3.05, 3.63) is 218 Å². The molecule has 330 valence electrons. The Kier molecular flexibility index (Phi) is 8.10. The predicted molar refractivity (Wildman–Crippen MR) is 293 cm³/mol.